The van der Waals surface area contributed by atoms with Crippen molar-refractivity contribution in [3.8, 4) is 11.3 Å². The monoisotopic (exact) mass is 379 g/mol. The van der Waals surface area contributed by atoms with Gasteiger partial charge in [0.15, 0.2) is 0 Å². The molecule has 1 heterocycles. The van der Waals surface area contributed by atoms with Gasteiger partial charge in [0.2, 0.25) is 16.8 Å². The van der Waals surface area contributed by atoms with E-state index in [4.69, 9.17) is 0 Å². The van der Waals surface area contributed by atoms with Gasteiger partial charge in [-0.15, -0.1) is 6.58 Å². The average molecular weight is 379 g/mol. The zero-order valence-electron chi connectivity index (χ0n) is 14.9. The predicted octanol–water partition coefficient (Wildman–Crippen LogP) is 2.98. The zero-order valence-corrected chi connectivity index (χ0v) is 15.8. The second-order valence-electron chi connectivity index (χ2n) is 6.13. The lowest BCUT2D eigenvalue weighted by atomic mass is 9.93. The van der Waals surface area contributed by atoms with Crippen molar-refractivity contribution in [2.75, 3.05) is 11.4 Å². The highest BCUT2D eigenvalue weighted by Crippen LogP contribution is 2.35. The molecule has 2 rings (SSSR count). The maximum absolute atomic E-state index is 13.3. The Balaban J connectivity index is 2.81. The minimum Gasteiger partial charge on any atom is -0.388 e. The lowest BCUT2D eigenvalue weighted by molar-refractivity contribution is 0.180. The van der Waals surface area contributed by atoms with Crippen LogP contribution < -0.4 is 4.31 Å². The van der Waals surface area contributed by atoms with Crippen LogP contribution in [-0.2, 0) is 10.9 Å². The van der Waals surface area contributed by atoms with Gasteiger partial charge in [-0.05, 0) is 36.6 Å². The molecular weight excluding hydrogens is 357 g/mol. The van der Waals surface area contributed by atoms with Gasteiger partial charge in [-0.2, -0.15) is 0 Å². The van der Waals surface area contributed by atoms with Gasteiger partial charge in [-0.1, -0.05) is 19.9 Å². The molecule has 1 atom stereocenters. The molecule has 1 aromatic carbocycles. The average Bonchev–Trinajstić information content (AvgIpc) is 2.60. The van der Waals surface area contributed by atoms with E-state index in [1.165, 1.54) is 31.3 Å². The van der Waals surface area contributed by atoms with E-state index >= 15 is 0 Å². The van der Waals surface area contributed by atoms with Crippen molar-refractivity contribution in [2.24, 2.45) is 0 Å². The molecule has 8 heteroatoms. The summed E-state index contributed by atoms with van der Waals surface area (Å²) in [6.07, 6.45) is 0.949. The Hall–Kier alpha value is -2.32. The van der Waals surface area contributed by atoms with Gasteiger partial charge in [-0.25, -0.2) is 27.1 Å². The molecule has 0 radical (unpaired) electrons. The van der Waals surface area contributed by atoms with E-state index in [0.29, 0.717) is 22.5 Å². The molecule has 26 heavy (non-hydrogen) atoms. The van der Waals surface area contributed by atoms with E-state index in [9.17, 15) is 17.9 Å². The van der Waals surface area contributed by atoms with Crippen molar-refractivity contribution in [3.63, 3.8) is 0 Å². The molecule has 1 unspecified atom stereocenters. The largest absolute Gasteiger partial charge is 0.388 e. The third kappa shape index (κ3) is 4.25. The van der Waals surface area contributed by atoms with Gasteiger partial charge in [-0.3, -0.25) is 0 Å². The molecule has 2 aromatic rings. The maximum atomic E-state index is 13.3. The van der Waals surface area contributed by atoms with Gasteiger partial charge in [0.05, 0.1) is 17.5 Å². The van der Waals surface area contributed by atoms with Crippen LogP contribution in [0.15, 0.2) is 36.9 Å². The van der Waals surface area contributed by atoms with Crippen LogP contribution >= 0.6 is 0 Å². The summed E-state index contributed by atoms with van der Waals surface area (Å²) in [6.45, 7) is 7.43. The van der Waals surface area contributed by atoms with E-state index in [1.807, 2.05) is 13.8 Å². The van der Waals surface area contributed by atoms with Gasteiger partial charge < -0.3 is 5.11 Å². The maximum Gasteiger partial charge on any atom is 0.239 e. The number of aliphatic hydroxyl groups is 1. The van der Waals surface area contributed by atoms with Crippen LogP contribution in [0, 0.1) is 5.82 Å². The summed E-state index contributed by atoms with van der Waals surface area (Å²) in [6, 6.07) is 5.64. The third-order valence-corrected chi connectivity index (χ3v) is 4.55. The van der Waals surface area contributed by atoms with E-state index in [1.54, 1.807) is 6.08 Å². The van der Waals surface area contributed by atoms with Crippen LogP contribution in [0.5, 0.6) is 0 Å². The first-order valence-electron chi connectivity index (χ1n) is 8.11. The molecule has 140 valence electrons. The minimum absolute atomic E-state index is 0.00121. The summed E-state index contributed by atoms with van der Waals surface area (Å²) in [5.41, 5.74) is 1.96. The number of halogens is 1. The van der Waals surface area contributed by atoms with Gasteiger partial charge in [0, 0.05) is 18.2 Å². The Morgan fingerprint density at radius 2 is 1.88 bits per heavy atom. The van der Waals surface area contributed by atoms with E-state index < -0.39 is 22.8 Å². The summed E-state index contributed by atoms with van der Waals surface area (Å²) in [7, 11) is -1.57. The minimum atomic E-state index is -2.92. The normalized spacial score (nSPS) is 12.4. The van der Waals surface area contributed by atoms with Crippen molar-refractivity contribution in [3.05, 3.63) is 54.0 Å². The first kappa shape index (κ1) is 20.0. The van der Waals surface area contributed by atoms with E-state index in [2.05, 4.69) is 16.5 Å². The first-order valence-corrected chi connectivity index (χ1v) is 9.24. The van der Waals surface area contributed by atoms with E-state index in [0.717, 1.165) is 4.31 Å². The smallest absolute Gasteiger partial charge is 0.239 e. The van der Waals surface area contributed by atoms with Crippen molar-refractivity contribution < 1.29 is 17.9 Å². The fourth-order valence-corrected chi connectivity index (χ4v) is 2.80. The van der Waals surface area contributed by atoms with Crippen LogP contribution in [-0.4, -0.2) is 30.5 Å². The van der Waals surface area contributed by atoms with Crippen LogP contribution in [0.3, 0.4) is 0 Å². The van der Waals surface area contributed by atoms with Crippen LogP contribution in [0.25, 0.3) is 11.3 Å². The zero-order chi connectivity index (χ0) is 19.4. The SMILES string of the molecule is C=CCC(O)c1c(-c2ccc(F)cc2)nc(N(C)[SH](=O)=O)nc1C(C)C. The molecule has 0 fully saturated rings. The Labute approximate surface area is 154 Å². The highest BCUT2D eigenvalue weighted by molar-refractivity contribution is 7.74. The molecular formula is C18H22FN3O3S. The number of rotatable bonds is 7. The molecule has 0 saturated carbocycles. The Kier molecular flexibility index (Phi) is 6.44. The quantitative estimate of drug-likeness (QED) is 0.571. The summed E-state index contributed by atoms with van der Waals surface area (Å²) in [5, 5.41) is 10.6. The van der Waals surface area contributed by atoms with Crippen LogP contribution in [0.2, 0.25) is 0 Å². The number of hydrogen-bond donors (Lipinski definition) is 2. The highest BCUT2D eigenvalue weighted by atomic mass is 32.2. The third-order valence-electron chi connectivity index (χ3n) is 3.89. The summed E-state index contributed by atoms with van der Waals surface area (Å²) >= 11 is 0. The number of aliphatic hydroxyl groups excluding tert-OH is 1. The van der Waals surface area contributed by atoms with Gasteiger partial charge >= 0.3 is 0 Å². The fraction of sp³-hybridized carbons (Fsp3) is 0.333. The number of anilines is 1. The molecule has 0 bridgehead atoms. The van der Waals surface area contributed by atoms with Crippen molar-refractivity contribution in [1.29, 1.82) is 0 Å². The van der Waals surface area contributed by atoms with Crippen LogP contribution in [0.1, 0.15) is 43.5 Å². The molecule has 0 aliphatic rings. The molecule has 0 aliphatic heterocycles. The van der Waals surface area contributed by atoms with Gasteiger partial charge in [0.25, 0.3) is 0 Å². The highest BCUT2D eigenvalue weighted by Gasteiger charge is 2.24. The number of aromatic nitrogens is 2. The first-order chi connectivity index (χ1) is 12.3. The lowest BCUT2D eigenvalue weighted by Gasteiger charge is -2.22. The van der Waals surface area contributed by atoms with Crippen molar-refractivity contribution >= 4 is 16.8 Å². The summed E-state index contributed by atoms with van der Waals surface area (Å²) in [5.74, 6) is -0.498. The fourth-order valence-electron chi connectivity index (χ4n) is 2.56. The van der Waals surface area contributed by atoms with Crippen LogP contribution in [0.4, 0.5) is 10.3 Å². The second kappa shape index (κ2) is 8.37. The van der Waals surface area contributed by atoms with E-state index in [-0.39, 0.29) is 18.3 Å². The molecule has 1 N–H and O–H groups in total. The number of thiol groups is 1. The summed E-state index contributed by atoms with van der Waals surface area (Å²) < 4.78 is 37.0. The molecule has 6 nitrogen and oxygen atoms in total. The molecule has 0 aliphatic carbocycles. The summed E-state index contributed by atoms with van der Waals surface area (Å²) in [4.78, 5) is 8.72. The van der Waals surface area contributed by atoms with Crippen molar-refractivity contribution in [1.82, 2.24) is 9.97 Å². The predicted molar refractivity (Wildman–Crippen MR) is 100 cm³/mol. The van der Waals surface area contributed by atoms with Crippen molar-refractivity contribution in [2.45, 2.75) is 32.3 Å². The molecule has 0 spiro atoms. The number of hydrogen-bond acceptors (Lipinski definition) is 5. The second-order valence-corrected chi connectivity index (χ2v) is 7.21. The number of nitrogens with zero attached hydrogens (tertiary/aromatic N) is 3. The Morgan fingerprint density at radius 1 is 1.27 bits per heavy atom. The lowest BCUT2D eigenvalue weighted by Crippen LogP contribution is -2.20. The topological polar surface area (TPSA) is 83.4 Å². The Morgan fingerprint density at radius 3 is 2.38 bits per heavy atom. The number of benzene rings is 1. The molecule has 1 aromatic heterocycles. The molecule has 0 saturated heterocycles. The molecule has 0 amide bonds. The van der Waals surface area contributed by atoms with Gasteiger partial charge in [0.1, 0.15) is 5.82 Å². The standard InChI is InChI=1S/C18H22FN3O3S/c1-5-6-14(23)15-16(11(2)3)20-18(22(4)26(24)25)21-17(15)12-7-9-13(19)10-8-12/h5,7-11,14,23,26H,1,6H2,2-4H3. The Bertz CT molecular complexity index is 859.